The predicted molar refractivity (Wildman–Crippen MR) is 81.8 cm³/mol. The van der Waals surface area contributed by atoms with Crippen molar-refractivity contribution in [1.29, 1.82) is 0 Å². The third-order valence-corrected chi connectivity index (χ3v) is 3.72. The van der Waals surface area contributed by atoms with E-state index < -0.39 is 5.60 Å². The van der Waals surface area contributed by atoms with Gasteiger partial charge in [-0.25, -0.2) is 0 Å². The highest BCUT2D eigenvalue weighted by Gasteiger charge is 2.30. The van der Waals surface area contributed by atoms with Gasteiger partial charge in [-0.15, -0.1) is 0 Å². The number of fused-ring (bicyclic) bond motifs is 1. The third kappa shape index (κ3) is 4.30. The molecule has 3 heteroatoms. The lowest BCUT2D eigenvalue weighted by molar-refractivity contribution is -0.0380. The molecule has 0 fully saturated rings. The fourth-order valence-electron chi connectivity index (χ4n) is 2.57. The Labute approximate surface area is 122 Å². The first-order valence-electron chi connectivity index (χ1n) is 7.44. The third-order valence-electron chi connectivity index (χ3n) is 3.72. The molecule has 1 aliphatic rings. The van der Waals surface area contributed by atoms with E-state index in [9.17, 15) is 5.11 Å². The predicted octanol–water partition coefficient (Wildman–Crippen LogP) is 2.83. The second-order valence-corrected chi connectivity index (χ2v) is 7.11. The van der Waals surface area contributed by atoms with Crippen LogP contribution >= 0.6 is 0 Å². The van der Waals surface area contributed by atoms with Crippen LogP contribution < -0.4 is 5.32 Å². The minimum Gasteiger partial charge on any atom is -0.389 e. The highest BCUT2D eigenvalue weighted by atomic mass is 16.5. The van der Waals surface area contributed by atoms with Crippen molar-refractivity contribution in [3.63, 3.8) is 0 Å². The van der Waals surface area contributed by atoms with Crippen LogP contribution in [0.5, 0.6) is 0 Å². The van der Waals surface area contributed by atoms with E-state index in [0.29, 0.717) is 13.0 Å². The topological polar surface area (TPSA) is 41.5 Å². The van der Waals surface area contributed by atoms with Gasteiger partial charge in [-0.05, 0) is 45.2 Å². The van der Waals surface area contributed by atoms with E-state index in [0.717, 1.165) is 13.0 Å². The van der Waals surface area contributed by atoms with E-state index in [2.05, 4.69) is 44.3 Å². The molecule has 0 radical (unpaired) electrons. The van der Waals surface area contributed by atoms with E-state index in [-0.39, 0.29) is 11.6 Å². The summed E-state index contributed by atoms with van der Waals surface area (Å²) in [6.45, 7) is 9.51. The van der Waals surface area contributed by atoms with E-state index in [1.807, 2.05) is 13.0 Å². The van der Waals surface area contributed by atoms with Crippen LogP contribution in [0.4, 0.5) is 0 Å². The molecule has 1 aromatic carbocycles. The lowest BCUT2D eigenvalue weighted by Gasteiger charge is -2.34. The fourth-order valence-corrected chi connectivity index (χ4v) is 2.57. The molecule has 0 spiro atoms. The van der Waals surface area contributed by atoms with Crippen LogP contribution in [0.25, 0.3) is 0 Å². The fraction of sp³-hybridized carbons (Fsp3) is 0.647. The maximum Gasteiger partial charge on any atom is 0.0855 e. The first-order chi connectivity index (χ1) is 9.27. The summed E-state index contributed by atoms with van der Waals surface area (Å²) in [5.74, 6) is 0. The molecule has 0 saturated carbocycles. The van der Waals surface area contributed by atoms with Gasteiger partial charge in [0.15, 0.2) is 0 Å². The van der Waals surface area contributed by atoms with Gasteiger partial charge >= 0.3 is 0 Å². The summed E-state index contributed by atoms with van der Waals surface area (Å²) in [7, 11) is 0. The molecule has 3 nitrogen and oxygen atoms in total. The molecule has 2 N–H and O–H groups in total. The Kier molecular flexibility index (Phi) is 4.52. The largest absolute Gasteiger partial charge is 0.389 e. The van der Waals surface area contributed by atoms with Gasteiger partial charge in [0.25, 0.3) is 0 Å². The Morgan fingerprint density at radius 3 is 2.65 bits per heavy atom. The van der Waals surface area contributed by atoms with Crippen molar-refractivity contribution in [2.75, 3.05) is 13.2 Å². The van der Waals surface area contributed by atoms with Crippen LogP contribution in [-0.2, 0) is 11.2 Å². The molecule has 0 bridgehead atoms. The van der Waals surface area contributed by atoms with Gasteiger partial charge in [-0.1, -0.05) is 24.3 Å². The van der Waals surface area contributed by atoms with Crippen LogP contribution in [0, 0.1) is 0 Å². The van der Waals surface area contributed by atoms with Gasteiger partial charge in [0.05, 0.1) is 18.3 Å². The second kappa shape index (κ2) is 5.84. The zero-order valence-corrected chi connectivity index (χ0v) is 13.1. The number of aliphatic hydroxyl groups is 1. The van der Waals surface area contributed by atoms with Gasteiger partial charge < -0.3 is 15.2 Å². The van der Waals surface area contributed by atoms with Crippen molar-refractivity contribution < 1.29 is 9.84 Å². The number of hydrogen-bond donors (Lipinski definition) is 2. The number of nitrogens with one attached hydrogen (secondary N) is 1. The van der Waals surface area contributed by atoms with Crippen molar-refractivity contribution in [2.24, 2.45) is 0 Å². The molecule has 20 heavy (non-hydrogen) atoms. The van der Waals surface area contributed by atoms with Crippen molar-refractivity contribution in [2.45, 2.75) is 57.8 Å². The van der Waals surface area contributed by atoms with E-state index in [1.54, 1.807) is 0 Å². The van der Waals surface area contributed by atoms with Crippen molar-refractivity contribution in [3.8, 4) is 0 Å². The molecule has 0 amide bonds. The number of β-amino-alcohol motifs (C(OH)–C–C–N with tert-alkyl or cyclic N) is 1. The van der Waals surface area contributed by atoms with E-state index in [1.165, 1.54) is 11.1 Å². The van der Waals surface area contributed by atoms with Crippen molar-refractivity contribution >= 4 is 0 Å². The molecule has 112 valence electrons. The Hall–Kier alpha value is -0.900. The molecule has 2 unspecified atom stereocenters. The summed E-state index contributed by atoms with van der Waals surface area (Å²) in [4.78, 5) is 0. The van der Waals surface area contributed by atoms with Crippen LogP contribution in [0.15, 0.2) is 24.3 Å². The number of hydrogen-bond acceptors (Lipinski definition) is 3. The summed E-state index contributed by atoms with van der Waals surface area (Å²) in [5.41, 5.74) is 1.82. The van der Waals surface area contributed by atoms with Gasteiger partial charge in [0.1, 0.15) is 0 Å². The maximum absolute atomic E-state index is 10.6. The molecule has 0 aromatic heterocycles. The Morgan fingerprint density at radius 1 is 1.25 bits per heavy atom. The number of benzene rings is 1. The van der Waals surface area contributed by atoms with Crippen LogP contribution in [-0.4, -0.2) is 29.4 Å². The first kappa shape index (κ1) is 15.5. The molecule has 2 rings (SSSR count). The lowest BCUT2D eigenvalue weighted by Crippen LogP contribution is -2.47. The normalized spacial score (nSPS) is 22.1. The molecular weight excluding hydrogens is 250 g/mol. The Morgan fingerprint density at radius 2 is 1.95 bits per heavy atom. The number of ether oxygens (including phenoxy) is 1. The van der Waals surface area contributed by atoms with Crippen molar-refractivity contribution in [1.82, 2.24) is 5.32 Å². The van der Waals surface area contributed by atoms with Crippen molar-refractivity contribution in [3.05, 3.63) is 35.4 Å². The van der Waals surface area contributed by atoms with Crippen LogP contribution in [0.3, 0.4) is 0 Å². The Balaban J connectivity index is 2.03. The minimum absolute atomic E-state index is 0.00304. The monoisotopic (exact) mass is 277 g/mol. The first-order valence-corrected chi connectivity index (χ1v) is 7.44. The zero-order chi connectivity index (χ0) is 14.8. The Bertz CT molecular complexity index is 449. The molecule has 2 atom stereocenters. The quantitative estimate of drug-likeness (QED) is 0.889. The highest BCUT2D eigenvalue weighted by Crippen LogP contribution is 2.33. The molecule has 0 saturated heterocycles. The molecule has 1 heterocycles. The second-order valence-electron chi connectivity index (χ2n) is 7.11. The summed E-state index contributed by atoms with van der Waals surface area (Å²) in [6.07, 6.45) is 1.58. The molecule has 1 aliphatic heterocycles. The average Bonchev–Trinajstić information content (AvgIpc) is 2.36. The average molecular weight is 277 g/mol. The smallest absolute Gasteiger partial charge is 0.0855 e. The van der Waals surface area contributed by atoms with Gasteiger partial charge in [-0.2, -0.15) is 0 Å². The van der Waals surface area contributed by atoms with Gasteiger partial charge in [0, 0.05) is 18.5 Å². The maximum atomic E-state index is 10.6. The van der Waals surface area contributed by atoms with E-state index >= 15 is 0 Å². The summed E-state index contributed by atoms with van der Waals surface area (Å²) in [6, 6.07) is 8.39. The van der Waals surface area contributed by atoms with E-state index in [4.69, 9.17) is 4.74 Å². The standard InChI is InChI=1S/C17H27NO2/c1-16(2,3)18-12-17(4,19)11-15-14-8-6-5-7-13(14)9-10-20-15/h5-8,15,18-19H,9-12H2,1-4H3. The lowest BCUT2D eigenvalue weighted by atomic mass is 9.89. The summed E-state index contributed by atoms with van der Waals surface area (Å²) < 4.78 is 5.88. The summed E-state index contributed by atoms with van der Waals surface area (Å²) >= 11 is 0. The van der Waals surface area contributed by atoms with Gasteiger partial charge in [0.2, 0.25) is 0 Å². The van der Waals surface area contributed by atoms with Crippen LogP contribution in [0.2, 0.25) is 0 Å². The molecular formula is C17H27NO2. The SMILES string of the molecule is CC(O)(CNC(C)(C)C)CC1OCCc2ccccc21. The summed E-state index contributed by atoms with van der Waals surface area (Å²) in [5, 5.41) is 14.0. The molecule has 1 aromatic rings. The zero-order valence-electron chi connectivity index (χ0n) is 13.1. The van der Waals surface area contributed by atoms with Gasteiger partial charge in [-0.3, -0.25) is 0 Å². The van der Waals surface area contributed by atoms with Crippen LogP contribution in [0.1, 0.15) is 51.3 Å². The molecule has 0 aliphatic carbocycles. The highest BCUT2D eigenvalue weighted by molar-refractivity contribution is 5.31. The minimum atomic E-state index is -0.775. The number of rotatable bonds is 4.